The summed E-state index contributed by atoms with van der Waals surface area (Å²) in [6.07, 6.45) is 2.30. The van der Waals surface area contributed by atoms with E-state index in [1.54, 1.807) is 27.3 Å². The fourth-order valence-corrected chi connectivity index (χ4v) is 3.33. The molecule has 0 aliphatic carbocycles. The number of halogens is 1. The molecule has 2 rings (SSSR count). The summed E-state index contributed by atoms with van der Waals surface area (Å²) in [5.41, 5.74) is 2.89. The van der Waals surface area contributed by atoms with Crippen molar-refractivity contribution < 1.29 is 12.8 Å². The standard InChI is InChI=1S/C19H29N5O3S.HI/c1-5-28(25,26)24(4)12-6-11-21-19(20-3)22-13-17-14-27-18(23-17)16-9-7-15(2)8-10-16;/h7-10,14H,5-6,11-13H2,1-4H3,(H2,20,21,22);1H. The van der Waals surface area contributed by atoms with Gasteiger partial charge in [0.2, 0.25) is 15.9 Å². The molecule has 1 aromatic heterocycles. The summed E-state index contributed by atoms with van der Waals surface area (Å²) in [5.74, 6) is 1.32. The molecule has 0 aliphatic heterocycles. The van der Waals surface area contributed by atoms with Crippen LogP contribution in [0.4, 0.5) is 0 Å². The zero-order valence-electron chi connectivity index (χ0n) is 17.3. The lowest BCUT2D eigenvalue weighted by atomic mass is 10.1. The Morgan fingerprint density at radius 2 is 1.93 bits per heavy atom. The Bertz CT molecular complexity index is 882. The van der Waals surface area contributed by atoms with E-state index in [1.165, 1.54) is 9.87 Å². The molecule has 2 aromatic rings. The molecule has 0 spiro atoms. The fraction of sp³-hybridized carbons (Fsp3) is 0.474. The zero-order valence-corrected chi connectivity index (χ0v) is 20.5. The van der Waals surface area contributed by atoms with E-state index in [9.17, 15) is 8.42 Å². The predicted molar refractivity (Wildman–Crippen MR) is 127 cm³/mol. The largest absolute Gasteiger partial charge is 0.444 e. The molecule has 10 heteroatoms. The molecule has 0 saturated heterocycles. The lowest BCUT2D eigenvalue weighted by Gasteiger charge is -2.16. The fourth-order valence-electron chi connectivity index (χ4n) is 2.48. The van der Waals surface area contributed by atoms with Gasteiger partial charge in [0.15, 0.2) is 5.96 Å². The number of nitrogens with one attached hydrogen (secondary N) is 2. The molecule has 0 fully saturated rings. The molecule has 2 N–H and O–H groups in total. The Morgan fingerprint density at radius 1 is 1.24 bits per heavy atom. The van der Waals surface area contributed by atoms with E-state index in [0.717, 1.165) is 11.3 Å². The van der Waals surface area contributed by atoms with Crippen LogP contribution in [0.1, 0.15) is 24.6 Å². The third kappa shape index (κ3) is 7.94. The van der Waals surface area contributed by atoms with Gasteiger partial charge in [-0.15, -0.1) is 24.0 Å². The normalized spacial score (nSPS) is 12.0. The number of hydrogen-bond donors (Lipinski definition) is 2. The number of aliphatic imine (C=N–C) groups is 1. The minimum atomic E-state index is -3.13. The number of nitrogens with zero attached hydrogens (tertiary/aromatic N) is 3. The minimum absolute atomic E-state index is 0. The predicted octanol–water partition coefficient (Wildman–Crippen LogP) is 2.60. The first-order valence-corrected chi connectivity index (χ1v) is 10.9. The SMILES string of the molecule is CCS(=O)(=O)N(C)CCCNC(=NC)NCc1coc(-c2ccc(C)cc2)n1.I. The smallest absolute Gasteiger partial charge is 0.226 e. The molecule has 0 saturated carbocycles. The van der Waals surface area contributed by atoms with Crippen molar-refractivity contribution in [2.45, 2.75) is 26.8 Å². The highest BCUT2D eigenvalue weighted by atomic mass is 127. The highest BCUT2D eigenvalue weighted by Crippen LogP contribution is 2.18. The first kappa shape index (κ1) is 25.4. The number of benzene rings is 1. The molecule has 0 bridgehead atoms. The number of oxazole rings is 1. The molecule has 162 valence electrons. The average Bonchev–Trinajstić information content (AvgIpc) is 3.16. The van der Waals surface area contributed by atoms with Crippen LogP contribution in [0.3, 0.4) is 0 Å². The molecule has 29 heavy (non-hydrogen) atoms. The van der Waals surface area contributed by atoms with E-state index >= 15 is 0 Å². The molecule has 0 unspecified atom stereocenters. The van der Waals surface area contributed by atoms with Gasteiger partial charge >= 0.3 is 0 Å². The maximum atomic E-state index is 11.7. The van der Waals surface area contributed by atoms with Crippen molar-refractivity contribution in [2.75, 3.05) is 32.9 Å². The summed E-state index contributed by atoms with van der Waals surface area (Å²) in [4.78, 5) is 8.65. The van der Waals surface area contributed by atoms with Crippen molar-refractivity contribution in [3.63, 3.8) is 0 Å². The molecule has 0 radical (unpaired) electrons. The molecule has 1 aromatic carbocycles. The van der Waals surface area contributed by atoms with E-state index in [-0.39, 0.29) is 29.7 Å². The third-order valence-corrected chi connectivity index (χ3v) is 6.15. The highest BCUT2D eigenvalue weighted by molar-refractivity contribution is 14.0. The Hall–Kier alpha value is -1.66. The Morgan fingerprint density at radius 3 is 2.55 bits per heavy atom. The number of aryl methyl sites for hydroxylation is 1. The van der Waals surface area contributed by atoms with Crippen LogP contribution in [0.2, 0.25) is 0 Å². The minimum Gasteiger partial charge on any atom is -0.444 e. The van der Waals surface area contributed by atoms with E-state index < -0.39 is 10.0 Å². The van der Waals surface area contributed by atoms with Crippen molar-refractivity contribution in [2.24, 2.45) is 4.99 Å². The van der Waals surface area contributed by atoms with Crippen molar-refractivity contribution in [3.8, 4) is 11.5 Å². The molecule has 0 atom stereocenters. The van der Waals surface area contributed by atoms with Crippen molar-refractivity contribution >= 4 is 40.0 Å². The summed E-state index contributed by atoms with van der Waals surface area (Å²) in [7, 11) is 0.151. The first-order chi connectivity index (χ1) is 13.4. The summed E-state index contributed by atoms with van der Waals surface area (Å²) >= 11 is 0. The van der Waals surface area contributed by atoms with Crippen molar-refractivity contribution in [1.82, 2.24) is 19.9 Å². The van der Waals surface area contributed by atoms with Gasteiger partial charge in [0.05, 0.1) is 18.0 Å². The molecular formula is C19H30IN5O3S. The highest BCUT2D eigenvalue weighted by Gasteiger charge is 2.14. The van der Waals surface area contributed by atoms with E-state index in [4.69, 9.17) is 4.42 Å². The van der Waals surface area contributed by atoms with E-state index in [2.05, 4.69) is 20.6 Å². The molecule has 0 amide bonds. The van der Waals surface area contributed by atoms with Crippen molar-refractivity contribution in [3.05, 3.63) is 41.8 Å². The lowest BCUT2D eigenvalue weighted by molar-refractivity contribution is 0.461. The summed E-state index contributed by atoms with van der Waals surface area (Å²) < 4.78 is 30.4. The topological polar surface area (TPSA) is 99.8 Å². The Balaban J connectivity index is 0.00000420. The molecular weight excluding hydrogens is 505 g/mol. The van der Waals surface area contributed by atoms with Crippen LogP contribution in [-0.2, 0) is 16.6 Å². The number of aromatic nitrogens is 1. The maximum Gasteiger partial charge on any atom is 0.226 e. The second-order valence-electron chi connectivity index (χ2n) is 6.44. The number of rotatable bonds is 9. The second-order valence-corrected chi connectivity index (χ2v) is 8.80. The first-order valence-electron chi connectivity index (χ1n) is 9.25. The van der Waals surface area contributed by atoms with Crippen LogP contribution < -0.4 is 10.6 Å². The van der Waals surface area contributed by atoms with E-state index in [1.807, 2.05) is 31.2 Å². The van der Waals surface area contributed by atoms with Crippen LogP contribution in [0.25, 0.3) is 11.5 Å². The van der Waals surface area contributed by atoms with Crippen LogP contribution >= 0.6 is 24.0 Å². The van der Waals surface area contributed by atoms with Gasteiger partial charge in [-0.25, -0.2) is 17.7 Å². The van der Waals surface area contributed by atoms with Gasteiger partial charge in [0.25, 0.3) is 0 Å². The molecule has 1 heterocycles. The van der Waals surface area contributed by atoms with Gasteiger partial charge < -0.3 is 15.1 Å². The van der Waals surface area contributed by atoms with Gasteiger partial charge in [0.1, 0.15) is 6.26 Å². The van der Waals surface area contributed by atoms with Crippen molar-refractivity contribution in [1.29, 1.82) is 0 Å². The Labute approximate surface area is 190 Å². The van der Waals surface area contributed by atoms with Gasteiger partial charge in [-0.1, -0.05) is 17.7 Å². The molecule has 0 aliphatic rings. The van der Waals surface area contributed by atoms with E-state index in [0.29, 0.717) is 37.9 Å². The number of sulfonamides is 1. The van der Waals surface area contributed by atoms with Crippen LogP contribution in [0, 0.1) is 6.92 Å². The zero-order chi connectivity index (χ0) is 20.6. The third-order valence-electron chi connectivity index (χ3n) is 4.29. The average molecular weight is 535 g/mol. The summed E-state index contributed by atoms with van der Waals surface area (Å²) in [6.45, 7) is 5.22. The Kier molecular flexibility index (Phi) is 10.6. The number of guanidine groups is 1. The summed E-state index contributed by atoms with van der Waals surface area (Å²) in [5, 5.41) is 6.34. The van der Waals surface area contributed by atoms with Crippen LogP contribution in [-0.4, -0.2) is 56.6 Å². The number of hydrogen-bond acceptors (Lipinski definition) is 5. The van der Waals surface area contributed by atoms with Gasteiger partial charge in [-0.2, -0.15) is 0 Å². The van der Waals surface area contributed by atoms with Gasteiger partial charge in [0, 0.05) is 32.7 Å². The quantitative estimate of drug-likeness (QED) is 0.222. The maximum absolute atomic E-state index is 11.7. The van der Waals surface area contributed by atoms with Gasteiger partial charge in [-0.05, 0) is 32.4 Å². The van der Waals surface area contributed by atoms with Crippen LogP contribution in [0.15, 0.2) is 39.9 Å². The van der Waals surface area contributed by atoms with Gasteiger partial charge in [-0.3, -0.25) is 4.99 Å². The second kappa shape index (κ2) is 12.1. The molecule has 8 nitrogen and oxygen atoms in total. The monoisotopic (exact) mass is 535 g/mol. The van der Waals surface area contributed by atoms with Crippen LogP contribution in [0.5, 0.6) is 0 Å². The lowest BCUT2D eigenvalue weighted by Crippen LogP contribution is -2.38. The summed E-state index contributed by atoms with van der Waals surface area (Å²) in [6, 6.07) is 8.00.